The van der Waals surface area contributed by atoms with Crippen LogP contribution in [-0.4, -0.2) is 36.7 Å². The van der Waals surface area contributed by atoms with Crippen molar-refractivity contribution in [3.8, 4) is 0 Å². The highest BCUT2D eigenvalue weighted by Crippen LogP contribution is 2.30. The number of benzene rings is 1. The third-order valence-electron chi connectivity index (χ3n) is 3.28. The number of aryl methyl sites for hydroxylation is 1. The lowest BCUT2D eigenvalue weighted by molar-refractivity contribution is -0.139. The van der Waals surface area contributed by atoms with Crippen LogP contribution in [0.15, 0.2) is 24.3 Å². The third kappa shape index (κ3) is 3.59. The lowest BCUT2D eigenvalue weighted by Crippen LogP contribution is -2.34. The number of methoxy groups -OCH3 is 1. The van der Waals surface area contributed by atoms with Crippen molar-refractivity contribution in [2.45, 2.75) is 19.4 Å². The molecule has 0 aliphatic rings. The first-order valence-electron chi connectivity index (χ1n) is 6.54. The van der Waals surface area contributed by atoms with Crippen LogP contribution in [0.1, 0.15) is 21.7 Å². The summed E-state index contributed by atoms with van der Waals surface area (Å²) in [4.78, 5) is 23.6. The minimum absolute atomic E-state index is 0.137. The van der Waals surface area contributed by atoms with Crippen LogP contribution in [0, 0.1) is 6.92 Å². The summed E-state index contributed by atoms with van der Waals surface area (Å²) in [5.41, 5.74) is 0.945. The van der Waals surface area contributed by atoms with E-state index in [1.54, 1.807) is 0 Å². The Balaban J connectivity index is 2.08. The molecule has 1 atom stereocenters. The van der Waals surface area contributed by atoms with E-state index in [2.05, 4.69) is 5.32 Å². The zero-order valence-corrected chi connectivity index (χ0v) is 12.7. The molecule has 0 saturated heterocycles. The standard InChI is InChI=1S/C15H17NO4S/c1-9-11-5-3-4-6-12(11)21-14(9)15(19)16-8-10(20-2)7-13(17)18/h3-6,10H,7-8H2,1-2H3,(H,16,19)(H,17,18). The van der Waals surface area contributed by atoms with E-state index < -0.39 is 12.1 Å². The zero-order chi connectivity index (χ0) is 15.4. The summed E-state index contributed by atoms with van der Waals surface area (Å²) in [7, 11) is 1.43. The topological polar surface area (TPSA) is 75.6 Å². The number of nitrogens with one attached hydrogen (secondary N) is 1. The third-order valence-corrected chi connectivity index (χ3v) is 4.55. The Labute approximate surface area is 126 Å². The Hall–Kier alpha value is -1.92. The Bertz CT molecular complexity index is 665. The molecule has 5 nitrogen and oxygen atoms in total. The van der Waals surface area contributed by atoms with Crippen molar-refractivity contribution >= 4 is 33.3 Å². The number of ether oxygens (including phenoxy) is 1. The van der Waals surface area contributed by atoms with Crippen LogP contribution in [0.3, 0.4) is 0 Å². The number of thiophene rings is 1. The zero-order valence-electron chi connectivity index (χ0n) is 11.9. The number of carboxylic acids is 1. The highest BCUT2D eigenvalue weighted by Gasteiger charge is 2.18. The molecule has 0 aliphatic heterocycles. The Morgan fingerprint density at radius 3 is 2.71 bits per heavy atom. The first-order chi connectivity index (χ1) is 10.0. The van der Waals surface area contributed by atoms with Crippen molar-refractivity contribution < 1.29 is 19.4 Å². The molecule has 2 N–H and O–H groups in total. The molecule has 0 saturated carbocycles. The van der Waals surface area contributed by atoms with Gasteiger partial charge in [0, 0.05) is 18.4 Å². The van der Waals surface area contributed by atoms with Crippen molar-refractivity contribution in [3.05, 3.63) is 34.7 Å². The number of hydrogen-bond acceptors (Lipinski definition) is 4. The number of carboxylic acid groups (broad SMARTS) is 1. The molecule has 2 aromatic rings. The van der Waals surface area contributed by atoms with Gasteiger partial charge in [0.2, 0.25) is 0 Å². The number of aliphatic carboxylic acids is 1. The fraction of sp³-hybridized carbons (Fsp3) is 0.333. The maximum atomic E-state index is 12.2. The quantitative estimate of drug-likeness (QED) is 0.859. The second kappa shape index (κ2) is 6.69. The second-order valence-corrected chi connectivity index (χ2v) is 5.77. The molecule has 0 aliphatic carbocycles. The number of carbonyl (C=O) groups excluding carboxylic acids is 1. The SMILES string of the molecule is COC(CNC(=O)c1sc2ccccc2c1C)CC(=O)O. The molecule has 0 spiro atoms. The molecule has 0 bridgehead atoms. The van der Waals surface area contributed by atoms with Gasteiger partial charge in [-0.1, -0.05) is 18.2 Å². The van der Waals surface area contributed by atoms with Gasteiger partial charge < -0.3 is 15.2 Å². The molecule has 0 fully saturated rings. The maximum absolute atomic E-state index is 12.2. The highest BCUT2D eigenvalue weighted by molar-refractivity contribution is 7.21. The fourth-order valence-corrected chi connectivity index (χ4v) is 3.24. The predicted molar refractivity (Wildman–Crippen MR) is 81.9 cm³/mol. The minimum Gasteiger partial charge on any atom is -0.481 e. The van der Waals surface area contributed by atoms with E-state index in [0.29, 0.717) is 4.88 Å². The smallest absolute Gasteiger partial charge is 0.306 e. The van der Waals surface area contributed by atoms with E-state index in [0.717, 1.165) is 15.6 Å². The van der Waals surface area contributed by atoms with Crippen LogP contribution in [0.5, 0.6) is 0 Å². The molecule has 1 amide bonds. The van der Waals surface area contributed by atoms with Crippen LogP contribution in [0.2, 0.25) is 0 Å². The fourth-order valence-electron chi connectivity index (χ4n) is 2.11. The Kier molecular flexibility index (Phi) is 4.93. The number of rotatable bonds is 6. The number of amides is 1. The van der Waals surface area contributed by atoms with E-state index in [4.69, 9.17) is 9.84 Å². The molecule has 1 aromatic heterocycles. The molecule has 0 radical (unpaired) electrons. The summed E-state index contributed by atoms with van der Waals surface area (Å²) in [6.07, 6.45) is -0.663. The second-order valence-electron chi connectivity index (χ2n) is 4.72. The first kappa shape index (κ1) is 15.5. The van der Waals surface area contributed by atoms with Crippen LogP contribution in [0.4, 0.5) is 0 Å². The lowest BCUT2D eigenvalue weighted by Gasteiger charge is -2.13. The van der Waals surface area contributed by atoms with Gasteiger partial charge in [-0.2, -0.15) is 0 Å². The largest absolute Gasteiger partial charge is 0.481 e. The molecular formula is C15H17NO4S. The summed E-state index contributed by atoms with van der Waals surface area (Å²) >= 11 is 1.44. The number of hydrogen-bond donors (Lipinski definition) is 2. The minimum atomic E-state index is -0.950. The maximum Gasteiger partial charge on any atom is 0.306 e. The molecule has 1 unspecified atom stereocenters. The van der Waals surface area contributed by atoms with Crippen LogP contribution < -0.4 is 5.32 Å². The van der Waals surface area contributed by atoms with Gasteiger partial charge in [-0.15, -0.1) is 11.3 Å². The molecule has 6 heteroatoms. The van der Waals surface area contributed by atoms with E-state index in [1.165, 1.54) is 18.4 Å². The first-order valence-corrected chi connectivity index (χ1v) is 7.35. The summed E-state index contributed by atoms with van der Waals surface area (Å²) < 4.78 is 6.11. The number of carbonyl (C=O) groups is 2. The van der Waals surface area contributed by atoms with E-state index in [1.807, 2.05) is 31.2 Å². The number of fused-ring (bicyclic) bond motifs is 1. The van der Waals surface area contributed by atoms with Crippen molar-refractivity contribution in [2.75, 3.05) is 13.7 Å². The normalized spacial score (nSPS) is 12.3. The van der Waals surface area contributed by atoms with Crippen molar-refractivity contribution in [1.82, 2.24) is 5.32 Å². The van der Waals surface area contributed by atoms with Crippen LogP contribution in [-0.2, 0) is 9.53 Å². The molecule has 1 aromatic carbocycles. The molecular weight excluding hydrogens is 290 g/mol. The summed E-state index contributed by atoms with van der Waals surface area (Å²) in [6, 6.07) is 7.85. The molecule has 21 heavy (non-hydrogen) atoms. The Morgan fingerprint density at radius 1 is 1.38 bits per heavy atom. The van der Waals surface area contributed by atoms with Gasteiger partial charge in [0.1, 0.15) is 0 Å². The van der Waals surface area contributed by atoms with Gasteiger partial charge in [-0.3, -0.25) is 9.59 Å². The summed E-state index contributed by atoms with van der Waals surface area (Å²) in [5.74, 6) is -1.14. The van der Waals surface area contributed by atoms with Crippen molar-refractivity contribution in [3.63, 3.8) is 0 Å². The van der Waals surface area contributed by atoms with Gasteiger partial charge in [0.05, 0.1) is 17.4 Å². The van der Waals surface area contributed by atoms with Crippen LogP contribution in [0.25, 0.3) is 10.1 Å². The van der Waals surface area contributed by atoms with Crippen molar-refractivity contribution in [2.24, 2.45) is 0 Å². The molecule has 1 heterocycles. The van der Waals surface area contributed by atoms with E-state index >= 15 is 0 Å². The van der Waals surface area contributed by atoms with Gasteiger partial charge in [0.15, 0.2) is 0 Å². The average Bonchev–Trinajstić information content (AvgIpc) is 2.80. The summed E-state index contributed by atoms with van der Waals surface area (Å²) in [6.45, 7) is 2.09. The van der Waals surface area contributed by atoms with E-state index in [9.17, 15) is 9.59 Å². The highest BCUT2D eigenvalue weighted by atomic mass is 32.1. The van der Waals surface area contributed by atoms with Crippen molar-refractivity contribution in [1.29, 1.82) is 0 Å². The lowest BCUT2D eigenvalue weighted by atomic mass is 10.1. The van der Waals surface area contributed by atoms with Crippen LogP contribution >= 0.6 is 11.3 Å². The van der Waals surface area contributed by atoms with Gasteiger partial charge in [0.25, 0.3) is 5.91 Å². The van der Waals surface area contributed by atoms with E-state index in [-0.39, 0.29) is 18.9 Å². The predicted octanol–water partition coefficient (Wildman–Crippen LogP) is 2.43. The van der Waals surface area contributed by atoms with Gasteiger partial charge >= 0.3 is 5.97 Å². The molecule has 2 rings (SSSR count). The van der Waals surface area contributed by atoms with Gasteiger partial charge in [-0.05, 0) is 23.9 Å². The van der Waals surface area contributed by atoms with Gasteiger partial charge in [-0.25, -0.2) is 0 Å². The monoisotopic (exact) mass is 307 g/mol. The Morgan fingerprint density at radius 2 is 2.10 bits per heavy atom. The molecule has 112 valence electrons. The average molecular weight is 307 g/mol. The summed E-state index contributed by atoms with van der Waals surface area (Å²) in [5, 5.41) is 12.6.